The highest BCUT2D eigenvalue weighted by molar-refractivity contribution is 5.54. The van der Waals surface area contributed by atoms with Crippen LogP contribution >= 0.6 is 0 Å². The predicted octanol–water partition coefficient (Wildman–Crippen LogP) is 15.2. The summed E-state index contributed by atoms with van der Waals surface area (Å²) in [6.07, 6.45) is 0. The predicted molar refractivity (Wildman–Crippen MR) is 247 cm³/mol. The molecule has 0 aliphatic rings. The first-order valence-corrected chi connectivity index (χ1v) is 20.3. The Morgan fingerprint density at radius 3 is 0.594 bits per heavy atom. The van der Waals surface area contributed by atoms with Gasteiger partial charge < -0.3 is 49.4 Å². The van der Waals surface area contributed by atoms with E-state index in [4.69, 9.17) is 49.4 Å². The Morgan fingerprint density at radius 2 is 0.375 bits per heavy atom. The van der Waals surface area contributed by atoms with E-state index in [0.717, 1.165) is 0 Å². The quantitative estimate of drug-likeness (QED) is 0.0908. The van der Waals surface area contributed by atoms with Gasteiger partial charge in [0.05, 0.1) is 0 Å². The third kappa shape index (κ3) is 10.3. The Balaban J connectivity index is 0.875. The van der Waals surface area contributed by atoms with Gasteiger partial charge in [-0.15, -0.1) is 0 Å². The molecule has 0 saturated heterocycles. The highest BCUT2D eigenvalue weighted by atomic mass is 16.6. The largest absolute Gasteiger partial charge is 0.453 e. The molecule has 0 aliphatic heterocycles. The van der Waals surface area contributed by atoms with E-state index in [0.29, 0.717) is 103 Å². The number of anilines is 2. The molecule has 0 bridgehead atoms. The normalized spacial score (nSPS) is 10.6. The second-order valence-electron chi connectivity index (χ2n) is 14.1. The van der Waals surface area contributed by atoms with Crippen LogP contribution in [0, 0.1) is 0 Å². The SMILES string of the molecule is Nc1cccc(Oc2ccccc2Oc2ccccc2Oc2cccc(Oc3ccccc3Oc3cccc(Oc4ccccc4Oc4ccccc4Oc4cccc(N)c4)c3)c2)c1. The molecule has 0 saturated carbocycles. The van der Waals surface area contributed by atoms with Crippen LogP contribution in [-0.2, 0) is 0 Å². The third-order valence-corrected chi connectivity index (χ3v) is 9.38. The summed E-state index contributed by atoms with van der Waals surface area (Å²) in [6, 6.07) is 66.1. The molecule has 0 spiro atoms. The van der Waals surface area contributed by atoms with E-state index < -0.39 is 0 Å². The van der Waals surface area contributed by atoms with Crippen molar-refractivity contribution in [3.63, 3.8) is 0 Å². The van der Waals surface area contributed by atoms with Crippen molar-refractivity contribution in [1.29, 1.82) is 0 Å². The zero-order valence-electron chi connectivity index (χ0n) is 34.2. The van der Waals surface area contributed by atoms with Gasteiger partial charge in [0.2, 0.25) is 0 Å². The fourth-order valence-electron chi connectivity index (χ4n) is 6.45. The minimum absolute atomic E-state index is 0.489. The lowest BCUT2D eigenvalue weighted by Gasteiger charge is -2.16. The van der Waals surface area contributed by atoms with E-state index in [1.165, 1.54) is 0 Å². The maximum atomic E-state index is 6.39. The number of nitrogens with two attached hydrogens (primary N) is 2. The van der Waals surface area contributed by atoms with Gasteiger partial charge in [-0.2, -0.15) is 0 Å². The van der Waals surface area contributed by atoms with E-state index in [2.05, 4.69) is 0 Å². The van der Waals surface area contributed by atoms with Gasteiger partial charge in [-0.05, 0) is 109 Å². The molecule has 0 fully saturated rings. The van der Waals surface area contributed by atoms with Crippen molar-refractivity contribution < 1.29 is 37.9 Å². The van der Waals surface area contributed by atoms with Crippen molar-refractivity contribution in [3.05, 3.63) is 218 Å². The third-order valence-electron chi connectivity index (χ3n) is 9.38. The monoisotopic (exact) mass is 844 g/mol. The molecule has 0 aliphatic carbocycles. The molecule has 0 heterocycles. The molecule has 0 amide bonds. The van der Waals surface area contributed by atoms with Gasteiger partial charge in [0, 0.05) is 35.6 Å². The molecule has 9 aromatic rings. The van der Waals surface area contributed by atoms with Crippen LogP contribution in [0.1, 0.15) is 0 Å². The molecular formula is C54H40N2O8. The number of nitrogen functional groups attached to an aromatic ring is 2. The highest BCUT2D eigenvalue weighted by Gasteiger charge is 2.16. The van der Waals surface area contributed by atoms with E-state index >= 15 is 0 Å². The number of para-hydroxylation sites is 10. The van der Waals surface area contributed by atoms with E-state index in [-0.39, 0.29) is 0 Å². The van der Waals surface area contributed by atoms with Gasteiger partial charge in [-0.1, -0.05) is 84.9 Å². The van der Waals surface area contributed by atoms with Crippen LogP contribution in [-0.4, -0.2) is 0 Å². The Kier molecular flexibility index (Phi) is 12.1. The molecule has 314 valence electrons. The lowest BCUT2D eigenvalue weighted by Crippen LogP contribution is -1.94. The highest BCUT2D eigenvalue weighted by Crippen LogP contribution is 2.43. The zero-order valence-corrected chi connectivity index (χ0v) is 34.2. The Labute approximate surface area is 369 Å². The molecule has 10 heteroatoms. The summed E-state index contributed by atoms with van der Waals surface area (Å²) in [6.45, 7) is 0. The number of hydrogen-bond acceptors (Lipinski definition) is 10. The molecule has 64 heavy (non-hydrogen) atoms. The number of benzene rings is 9. The molecule has 10 nitrogen and oxygen atoms in total. The van der Waals surface area contributed by atoms with Crippen LogP contribution in [0.15, 0.2) is 218 Å². The summed E-state index contributed by atoms with van der Waals surface area (Å²) >= 11 is 0. The first kappa shape index (κ1) is 40.4. The van der Waals surface area contributed by atoms with Gasteiger partial charge in [-0.3, -0.25) is 0 Å². The second kappa shape index (κ2) is 19.1. The van der Waals surface area contributed by atoms with Crippen molar-refractivity contribution in [2.24, 2.45) is 0 Å². The molecule has 0 aromatic heterocycles. The molecule has 9 aromatic carbocycles. The van der Waals surface area contributed by atoms with Crippen LogP contribution < -0.4 is 49.4 Å². The minimum atomic E-state index is 0.489. The topological polar surface area (TPSA) is 126 Å². The lowest BCUT2D eigenvalue weighted by atomic mass is 10.2. The van der Waals surface area contributed by atoms with Crippen LogP contribution in [0.5, 0.6) is 92.0 Å². The molecule has 0 radical (unpaired) electrons. The zero-order chi connectivity index (χ0) is 43.5. The fourth-order valence-corrected chi connectivity index (χ4v) is 6.45. The average Bonchev–Trinajstić information content (AvgIpc) is 3.30. The summed E-state index contributed by atoms with van der Waals surface area (Å²) < 4.78 is 50.5. The molecule has 9 rings (SSSR count). The van der Waals surface area contributed by atoms with Crippen molar-refractivity contribution in [3.8, 4) is 92.0 Å². The van der Waals surface area contributed by atoms with Crippen LogP contribution in [0.4, 0.5) is 11.4 Å². The summed E-state index contributed by atoms with van der Waals surface area (Å²) in [5, 5.41) is 0. The van der Waals surface area contributed by atoms with Crippen LogP contribution in [0.25, 0.3) is 0 Å². The van der Waals surface area contributed by atoms with Gasteiger partial charge in [0.1, 0.15) is 34.5 Å². The molecular weight excluding hydrogens is 805 g/mol. The first-order chi connectivity index (χ1) is 31.5. The molecule has 4 N–H and O–H groups in total. The Hall–Kier alpha value is -9.02. The fraction of sp³-hybridized carbons (Fsp3) is 0. The van der Waals surface area contributed by atoms with Gasteiger partial charge >= 0.3 is 0 Å². The number of ether oxygens (including phenoxy) is 8. The van der Waals surface area contributed by atoms with Crippen LogP contribution in [0.2, 0.25) is 0 Å². The van der Waals surface area contributed by atoms with Crippen LogP contribution in [0.3, 0.4) is 0 Å². The second-order valence-corrected chi connectivity index (χ2v) is 14.1. The van der Waals surface area contributed by atoms with E-state index in [9.17, 15) is 0 Å². The van der Waals surface area contributed by atoms with Crippen molar-refractivity contribution >= 4 is 11.4 Å². The summed E-state index contributed by atoms with van der Waals surface area (Å²) in [4.78, 5) is 0. The van der Waals surface area contributed by atoms with Crippen molar-refractivity contribution in [2.75, 3.05) is 11.5 Å². The van der Waals surface area contributed by atoms with Crippen molar-refractivity contribution in [2.45, 2.75) is 0 Å². The molecule has 0 atom stereocenters. The van der Waals surface area contributed by atoms with Crippen molar-refractivity contribution in [1.82, 2.24) is 0 Å². The number of rotatable bonds is 16. The lowest BCUT2D eigenvalue weighted by molar-refractivity contribution is 0.390. The van der Waals surface area contributed by atoms with Gasteiger partial charge in [0.15, 0.2) is 57.5 Å². The Morgan fingerprint density at radius 1 is 0.188 bits per heavy atom. The smallest absolute Gasteiger partial charge is 0.170 e. The van der Waals surface area contributed by atoms with E-state index in [1.807, 2.05) is 182 Å². The summed E-state index contributed by atoms with van der Waals surface area (Å²) in [5.41, 5.74) is 13.1. The van der Waals surface area contributed by atoms with Gasteiger partial charge in [-0.25, -0.2) is 0 Å². The Bertz CT molecular complexity index is 2820. The summed E-state index contributed by atoms with van der Waals surface area (Å²) in [5.74, 6) is 8.30. The minimum Gasteiger partial charge on any atom is -0.453 e. The van der Waals surface area contributed by atoms with E-state index in [1.54, 1.807) is 36.4 Å². The molecule has 0 unspecified atom stereocenters. The average molecular weight is 845 g/mol. The number of hydrogen-bond donors (Lipinski definition) is 2. The summed E-state index contributed by atoms with van der Waals surface area (Å²) in [7, 11) is 0. The maximum absolute atomic E-state index is 6.39. The first-order valence-electron chi connectivity index (χ1n) is 20.3. The standard InChI is InChI=1S/C54H40N2O8/c55-37-15-11-17-39(33-37)57-47-25-3-7-29-51(47)63-53-31-9-5-27-49(53)61-43-21-13-19-41(35-43)59-45-23-1-2-24-46(45)60-42-20-14-22-44(36-42)62-50-28-6-10-32-54(50)64-52-30-8-4-26-48(52)58-40-18-12-16-38(56)34-40/h1-36H,55-56H2. The van der Waals surface area contributed by atoms with Gasteiger partial charge in [0.25, 0.3) is 0 Å². The maximum Gasteiger partial charge on any atom is 0.170 e.